The molecule has 5 nitrogen and oxygen atoms in total. The molecule has 156 valence electrons. The summed E-state index contributed by atoms with van der Waals surface area (Å²) in [7, 11) is -5.33. The van der Waals surface area contributed by atoms with Gasteiger partial charge in [0.25, 0.3) is 19.1 Å². The number of halogens is 2. The molecule has 3 aromatic rings. The number of nitrogens with zero attached hydrogens (tertiary/aromatic N) is 1. The van der Waals surface area contributed by atoms with E-state index in [-0.39, 0.29) is 10.3 Å². The van der Waals surface area contributed by atoms with Crippen LogP contribution in [0, 0.1) is 0 Å². The molecule has 0 aliphatic heterocycles. The summed E-state index contributed by atoms with van der Waals surface area (Å²) in [6.07, 6.45) is 1.70. The fourth-order valence-corrected chi connectivity index (χ4v) is 5.42. The van der Waals surface area contributed by atoms with Crippen molar-refractivity contribution >= 4 is 58.9 Å². The number of benzene rings is 2. The predicted molar refractivity (Wildman–Crippen MR) is 123 cm³/mol. The normalized spacial score (nSPS) is 12.6. The van der Waals surface area contributed by atoms with Gasteiger partial charge in [0.2, 0.25) is 0 Å². The van der Waals surface area contributed by atoms with E-state index in [1.54, 1.807) is 29.1 Å². The Hall–Kier alpha value is -1.67. The van der Waals surface area contributed by atoms with Crippen molar-refractivity contribution in [3.63, 3.8) is 0 Å². The van der Waals surface area contributed by atoms with Crippen LogP contribution in [0.1, 0.15) is 26.3 Å². The summed E-state index contributed by atoms with van der Waals surface area (Å²) in [5.74, 6) is 0. The molecule has 0 amide bonds. The van der Waals surface area contributed by atoms with Crippen LogP contribution in [0.3, 0.4) is 0 Å². The maximum atomic E-state index is 13.0. The summed E-state index contributed by atoms with van der Waals surface area (Å²) in [4.78, 5) is 0.0846. The molecule has 0 bridgehead atoms. The zero-order valence-corrected chi connectivity index (χ0v) is 20.4. The minimum absolute atomic E-state index is 0.0846. The molecule has 2 aromatic carbocycles. The van der Waals surface area contributed by atoms with Crippen LogP contribution in [0.2, 0.25) is 23.1 Å². The van der Waals surface area contributed by atoms with Crippen molar-refractivity contribution in [2.75, 3.05) is 4.72 Å². The molecule has 0 atom stereocenters. The Morgan fingerprint density at radius 1 is 1.10 bits per heavy atom. The van der Waals surface area contributed by atoms with Gasteiger partial charge in [0.05, 0.1) is 21.8 Å². The monoisotopic (exact) mass is 470 g/mol. The molecule has 0 saturated carbocycles. The smallest absolute Gasteiger partial charge is 0.264 e. The van der Waals surface area contributed by atoms with Gasteiger partial charge in [-0.3, -0.25) is 4.72 Å². The molecule has 0 saturated heterocycles. The van der Waals surface area contributed by atoms with Crippen molar-refractivity contribution in [3.8, 4) is 0 Å². The summed E-state index contributed by atoms with van der Waals surface area (Å²) < 4.78 is 36.2. The van der Waals surface area contributed by atoms with Crippen LogP contribution in [0.4, 0.5) is 5.69 Å². The van der Waals surface area contributed by atoms with Crippen LogP contribution in [0.25, 0.3) is 10.9 Å². The van der Waals surface area contributed by atoms with Crippen LogP contribution in [0.5, 0.6) is 0 Å². The summed E-state index contributed by atoms with van der Waals surface area (Å²) in [6, 6.07) is 9.79. The molecular formula is C20H24Cl2N2O3SSi. The Morgan fingerprint density at radius 3 is 2.38 bits per heavy atom. The minimum Gasteiger partial charge on any atom is -0.474 e. The molecule has 0 aliphatic rings. The fourth-order valence-electron chi connectivity index (χ4n) is 3.15. The number of hydrogen-bond donors (Lipinski definition) is 1. The molecule has 29 heavy (non-hydrogen) atoms. The Kier molecular flexibility index (Phi) is 5.98. The largest absolute Gasteiger partial charge is 0.474 e. The summed E-state index contributed by atoms with van der Waals surface area (Å²) in [5, 5.41) is 1.64. The Bertz CT molecular complexity index is 1170. The lowest BCUT2D eigenvalue weighted by Crippen LogP contribution is -2.23. The fraction of sp³-hybridized carbons (Fsp3) is 0.300. The lowest BCUT2D eigenvalue weighted by atomic mass is 9.84. The number of sulfonamides is 1. The van der Waals surface area contributed by atoms with Crippen LogP contribution >= 0.6 is 23.2 Å². The van der Waals surface area contributed by atoms with Gasteiger partial charge in [-0.1, -0.05) is 56.1 Å². The SMILES string of the molecule is C[SiH](C)On1cc(Cl)c2c(C(C)(C)C)ccc(NS(=O)(=O)c3cccc(Cl)c3)c21. The van der Waals surface area contributed by atoms with Crippen molar-refractivity contribution in [2.24, 2.45) is 0 Å². The van der Waals surface area contributed by atoms with Gasteiger partial charge in [0, 0.05) is 10.4 Å². The molecule has 0 unspecified atom stereocenters. The average Bonchev–Trinajstić information content (AvgIpc) is 2.90. The number of aromatic nitrogens is 1. The van der Waals surface area contributed by atoms with Crippen molar-refractivity contribution in [3.05, 3.63) is 58.2 Å². The number of rotatable bonds is 5. The van der Waals surface area contributed by atoms with Gasteiger partial charge < -0.3 is 4.53 Å². The molecule has 0 fully saturated rings. The zero-order valence-electron chi connectivity index (χ0n) is 17.0. The van der Waals surface area contributed by atoms with E-state index in [2.05, 4.69) is 25.5 Å². The Labute approximate surface area is 183 Å². The van der Waals surface area contributed by atoms with Crippen molar-refractivity contribution in [1.82, 2.24) is 4.73 Å². The van der Waals surface area contributed by atoms with Gasteiger partial charge in [0.15, 0.2) is 0 Å². The maximum Gasteiger partial charge on any atom is 0.264 e. The van der Waals surface area contributed by atoms with Gasteiger partial charge in [0.1, 0.15) is 5.52 Å². The van der Waals surface area contributed by atoms with Crippen LogP contribution < -0.4 is 9.25 Å². The molecule has 3 rings (SSSR count). The Balaban J connectivity index is 2.23. The van der Waals surface area contributed by atoms with E-state index in [0.717, 1.165) is 10.9 Å². The highest BCUT2D eigenvalue weighted by Gasteiger charge is 2.25. The first-order valence-electron chi connectivity index (χ1n) is 9.20. The first-order chi connectivity index (χ1) is 13.4. The number of fused-ring (bicyclic) bond motifs is 1. The number of hydrogen-bond acceptors (Lipinski definition) is 3. The molecular weight excluding hydrogens is 447 g/mol. The number of anilines is 1. The van der Waals surface area contributed by atoms with Gasteiger partial charge in [-0.05, 0) is 48.3 Å². The highest BCUT2D eigenvalue weighted by Crippen LogP contribution is 2.39. The lowest BCUT2D eigenvalue weighted by Gasteiger charge is -2.22. The molecule has 0 radical (unpaired) electrons. The van der Waals surface area contributed by atoms with Gasteiger partial charge >= 0.3 is 0 Å². The van der Waals surface area contributed by atoms with E-state index in [9.17, 15) is 8.42 Å². The third-order valence-corrected chi connectivity index (χ3v) is 6.88. The van der Waals surface area contributed by atoms with Crippen molar-refractivity contribution in [2.45, 2.75) is 44.2 Å². The lowest BCUT2D eigenvalue weighted by molar-refractivity contribution is 0.297. The molecule has 0 spiro atoms. The van der Waals surface area contributed by atoms with Gasteiger partial charge in [-0.2, -0.15) is 0 Å². The third-order valence-electron chi connectivity index (χ3n) is 4.35. The van der Waals surface area contributed by atoms with E-state index in [1.807, 2.05) is 19.2 Å². The summed E-state index contributed by atoms with van der Waals surface area (Å²) in [5.41, 5.74) is 1.83. The van der Waals surface area contributed by atoms with Crippen molar-refractivity contribution in [1.29, 1.82) is 0 Å². The third kappa shape index (κ3) is 4.58. The van der Waals surface area contributed by atoms with Crippen molar-refractivity contribution < 1.29 is 12.9 Å². The van der Waals surface area contributed by atoms with E-state index in [4.69, 9.17) is 27.7 Å². The highest BCUT2D eigenvalue weighted by molar-refractivity contribution is 7.92. The van der Waals surface area contributed by atoms with E-state index < -0.39 is 19.1 Å². The summed E-state index contributed by atoms with van der Waals surface area (Å²) >= 11 is 12.5. The molecule has 1 heterocycles. The quantitative estimate of drug-likeness (QED) is 0.503. The first-order valence-corrected chi connectivity index (χ1v) is 14.2. The van der Waals surface area contributed by atoms with Crippen LogP contribution in [-0.2, 0) is 15.4 Å². The average molecular weight is 471 g/mol. The topological polar surface area (TPSA) is 60.3 Å². The standard InChI is InChI=1S/C20H24Cl2N2O3SSi/c1-20(2,3)15-9-10-17(19-18(15)16(22)12-24(19)27-29(4)5)23-28(25,26)14-8-6-7-13(21)11-14/h6-12,23,29H,1-5H3. The van der Waals surface area contributed by atoms with E-state index in [1.165, 1.54) is 12.1 Å². The zero-order chi connectivity index (χ0) is 21.6. The predicted octanol–water partition coefficient (Wildman–Crippen LogP) is 5.46. The second kappa shape index (κ2) is 7.87. The van der Waals surface area contributed by atoms with Crippen LogP contribution in [-0.4, -0.2) is 22.2 Å². The maximum absolute atomic E-state index is 13.0. The molecule has 1 aromatic heterocycles. The second-order valence-electron chi connectivity index (χ2n) is 8.15. The summed E-state index contributed by atoms with van der Waals surface area (Å²) in [6.45, 7) is 10.3. The molecule has 1 N–H and O–H groups in total. The first kappa shape index (κ1) is 22.0. The number of nitrogens with one attached hydrogen (secondary N) is 1. The van der Waals surface area contributed by atoms with E-state index >= 15 is 0 Å². The molecule has 9 heteroatoms. The van der Waals surface area contributed by atoms with Gasteiger partial charge in [-0.15, -0.1) is 0 Å². The van der Waals surface area contributed by atoms with Crippen LogP contribution in [0.15, 0.2) is 47.5 Å². The van der Waals surface area contributed by atoms with E-state index in [0.29, 0.717) is 21.2 Å². The second-order valence-corrected chi connectivity index (χ2v) is 13.0. The van der Waals surface area contributed by atoms with Gasteiger partial charge in [-0.25, -0.2) is 13.1 Å². The Morgan fingerprint density at radius 2 is 1.79 bits per heavy atom. The molecule has 0 aliphatic carbocycles. The minimum atomic E-state index is -3.85. The highest BCUT2D eigenvalue weighted by atomic mass is 35.5.